The maximum absolute atomic E-state index is 6.61. The van der Waals surface area contributed by atoms with Crippen LogP contribution in [0.15, 0.2) is 110 Å². The smallest absolute Gasteiger partial charge is 0.215 e. The molecule has 236 valence electrons. The van der Waals surface area contributed by atoms with E-state index in [0.29, 0.717) is 29.8 Å². The minimum absolute atomic E-state index is 0.267. The fourth-order valence-corrected chi connectivity index (χ4v) is 6.99. The summed E-state index contributed by atoms with van der Waals surface area (Å²) in [4.78, 5) is 6.73. The monoisotopic (exact) mass is 653 g/mol. The van der Waals surface area contributed by atoms with Crippen molar-refractivity contribution in [3.8, 4) is 16.9 Å². The predicted octanol–water partition coefficient (Wildman–Crippen LogP) is 8.20. The Morgan fingerprint density at radius 2 is 1.76 bits per heavy atom. The zero-order valence-electron chi connectivity index (χ0n) is 25.7. The van der Waals surface area contributed by atoms with Crippen molar-refractivity contribution in [2.24, 2.45) is 0 Å². The van der Waals surface area contributed by atoms with Crippen LogP contribution < -0.4 is 4.74 Å². The summed E-state index contributed by atoms with van der Waals surface area (Å²) in [7, 11) is 0. The van der Waals surface area contributed by atoms with Crippen molar-refractivity contribution < 1.29 is 14.2 Å². The number of hydrogen-bond donors (Lipinski definition) is 0. The van der Waals surface area contributed by atoms with Gasteiger partial charge in [-0.05, 0) is 77.9 Å². The van der Waals surface area contributed by atoms with Gasteiger partial charge in [0.1, 0.15) is 18.5 Å². The summed E-state index contributed by atoms with van der Waals surface area (Å²) < 4.78 is 21.0. The van der Waals surface area contributed by atoms with Gasteiger partial charge in [-0.3, -0.25) is 4.90 Å². The van der Waals surface area contributed by atoms with Gasteiger partial charge in [0, 0.05) is 36.1 Å². The maximum atomic E-state index is 6.61. The van der Waals surface area contributed by atoms with Gasteiger partial charge in [-0.25, -0.2) is 4.98 Å². The van der Waals surface area contributed by atoms with Gasteiger partial charge in [0.15, 0.2) is 0 Å². The molecule has 6 nitrogen and oxygen atoms in total. The van der Waals surface area contributed by atoms with Crippen molar-refractivity contribution >= 4 is 23.2 Å². The van der Waals surface area contributed by atoms with Crippen LogP contribution in [0.5, 0.6) is 5.75 Å². The molecule has 1 saturated heterocycles. The number of imidazole rings is 1. The van der Waals surface area contributed by atoms with E-state index in [-0.39, 0.29) is 6.10 Å². The Morgan fingerprint density at radius 3 is 2.57 bits per heavy atom. The Balaban J connectivity index is 0.913. The lowest BCUT2D eigenvalue weighted by Crippen LogP contribution is -2.34. The predicted molar refractivity (Wildman–Crippen MR) is 182 cm³/mol. The van der Waals surface area contributed by atoms with Crippen molar-refractivity contribution in [1.29, 1.82) is 0 Å². The van der Waals surface area contributed by atoms with Crippen LogP contribution in [-0.2, 0) is 41.2 Å². The molecule has 0 spiro atoms. The van der Waals surface area contributed by atoms with E-state index in [2.05, 4.69) is 82.7 Å². The van der Waals surface area contributed by atoms with E-state index in [4.69, 9.17) is 37.4 Å². The first kappa shape index (κ1) is 31.0. The molecule has 0 bridgehead atoms. The third kappa shape index (κ3) is 7.17. The van der Waals surface area contributed by atoms with Gasteiger partial charge in [0.05, 0.1) is 24.5 Å². The molecular weight excluding hydrogens is 617 g/mol. The molecule has 0 radical (unpaired) electrons. The molecule has 0 amide bonds. The Kier molecular flexibility index (Phi) is 9.43. The van der Waals surface area contributed by atoms with Crippen LogP contribution in [0.1, 0.15) is 28.7 Å². The summed E-state index contributed by atoms with van der Waals surface area (Å²) in [6.45, 7) is 4.28. The highest BCUT2D eigenvalue weighted by Crippen LogP contribution is 2.40. The number of benzene rings is 4. The maximum Gasteiger partial charge on any atom is 0.215 e. The van der Waals surface area contributed by atoms with Crippen molar-refractivity contribution in [2.75, 3.05) is 26.3 Å². The molecule has 0 saturated carbocycles. The quantitative estimate of drug-likeness (QED) is 0.144. The lowest BCUT2D eigenvalue weighted by atomic mass is 9.98. The fraction of sp³-hybridized carbons (Fsp3) is 0.289. The van der Waals surface area contributed by atoms with Crippen molar-refractivity contribution in [3.63, 3.8) is 0 Å². The molecular formula is C38H37Cl2N3O3. The third-order valence-corrected chi connectivity index (χ3v) is 9.40. The van der Waals surface area contributed by atoms with Crippen LogP contribution in [0.2, 0.25) is 10.0 Å². The number of aromatic nitrogens is 2. The van der Waals surface area contributed by atoms with Gasteiger partial charge >= 0.3 is 0 Å². The minimum atomic E-state index is -1.07. The zero-order valence-corrected chi connectivity index (χ0v) is 27.2. The number of rotatable bonds is 11. The van der Waals surface area contributed by atoms with Gasteiger partial charge in [0.25, 0.3) is 0 Å². The number of halogens is 2. The summed E-state index contributed by atoms with van der Waals surface area (Å²) in [6.07, 6.45) is 8.33. The molecule has 2 aliphatic rings. The number of aryl methyl sites for hydroxylation is 1. The largest absolute Gasteiger partial charge is 0.491 e. The molecule has 46 heavy (non-hydrogen) atoms. The average molecular weight is 655 g/mol. The highest BCUT2D eigenvalue weighted by molar-refractivity contribution is 6.35. The minimum Gasteiger partial charge on any atom is -0.491 e. The second-order valence-electron chi connectivity index (χ2n) is 12.1. The van der Waals surface area contributed by atoms with E-state index in [1.165, 1.54) is 27.8 Å². The van der Waals surface area contributed by atoms with E-state index >= 15 is 0 Å². The average Bonchev–Trinajstić information content (AvgIpc) is 3.75. The lowest BCUT2D eigenvalue weighted by Gasteiger charge is -2.30. The van der Waals surface area contributed by atoms with Crippen LogP contribution in [-0.4, -0.2) is 46.9 Å². The summed E-state index contributed by atoms with van der Waals surface area (Å²) >= 11 is 12.8. The van der Waals surface area contributed by atoms with Gasteiger partial charge < -0.3 is 18.8 Å². The first-order chi connectivity index (χ1) is 22.5. The van der Waals surface area contributed by atoms with E-state index < -0.39 is 5.79 Å². The molecule has 1 fully saturated rings. The normalized spacial score (nSPS) is 19.7. The van der Waals surface area contributed by atoms with Crippen molar-refractivity contribution in [3.05, 3.63) is 142 Å². The topological polar surface area (TPSA) is 48.8 Å². The van der Waals surface area contributed by atoms with Crippen LogP contribution in [0.4, 0.5) is 0 Å². The molecule has 0 aliphatic carbocycles. The van der Waals surface area contributed by atoms with Gasteiger partial charge in [0.2, 0.25) is 5.79 Å². The Labute approximate surface area is 280 Å². The SMILES string of the molecule is Clc1ccc(C2(Cn3ccnc3)OCC(COc3ccc4c(c3)CCN(CCCc3ccc(-c5ccccc5)cc3)C4)O2)c(Cl)c1. The molecule has 8 heteroatoms. The van der Waals surface area contributed by atoms with Crippen LogP contribution in [0, 0.1) is 0 Å². The van der Waals surface area contributed by atoms with Crippen LogP contribution >= 0.6 is 23.2 Å². The highest BCUT2D eigenvalue weighted by Gasteiger charge is 2.45. The molecule has 5 aromatic rings. The molecule has 3 heterocycles. The molecule has 2 unspecified atom stereocenters. The second-order valence-corrected chi connectivity index (χ2v) is 12.9. The standard InChI is InChI=1S/C38H37Cl2N3O3/c39-33-13-15-36(37(40)22-33)38(26-43-20-17-41-27-43)45-25-35(46-38)24-44-34-14-12-32-23-42(19-16-31(32)21-34)18-4-5-28-8-10-30(11-9-28)29-6-2-1-3-7-29/h1-3,6-15,17,20-22,27,35H,4-5,16,18-19,23-26H2. The van der Waals surface area contributed by atoms with Crippen LogP contribution in [0.25, 0.3) is 11.1 Å². The number of nitrogens with zero attached hydrogens (tertiary/aromatic N) is 3. The number of ether oxygens (including phenoxy) is 3. The second kappa shape index (κ2) is 14.0. The van der Waals surface area contributed by atoms with Crippen molar-refractivity contribution in [2.45, 2.75) is 44.2 Å². The summed E-state index contributed by atoms with van der Waals surface area (Å²) in [6, 6.07) is 31.4. The molecule has 2 atom stereocenters. The van der Waals surface area contributed by atoms with Gasteiger partial charge in [-0.1, -0.05) is 89.9 Å². The third-order valence-electron chi connectivity index (χ3n) is 8.86. The number of hydrogen-bond acceptors (Lipinski definition) is 5. The highest BCUT2D eigenvalue weighted by atomic mass is 35.5. The van der Waals surface area contributed by atoms with Gasteiger partial charge in [-0.15, -0.1) is 0 Å². The fourth-order valence-electron chi connectivity index (χ4n) is 6.43. The van der Waals surface area contributed by atoms with Crippen molar-refractivity contribution in [1.82, 2.24) is 14.5 Å². The Bertz CT molecular complexity index is 1750. The van der Waals surface area contributed by atoms with E-state index in [1.807, 2.05) is 16.8 Å². The first-order valence-corrected chi connectivity index (χ1v) is 16.6. The molecule has 7 rings (SSSR count). The summed E-state index contributed by atoms with van der Waals surface area (Å²) in [5.41, 5.74) is 7.39. The van der Waals surface area contributed by atoms with E-state index in [1.54, 1.807) is 24.7 Å². The van der Waals surface area contributed by atoms with Gasteiger partial charge in [-0.2, -0.15) is 0 Å². The number of fused-ring (bicyclic) bond motifs is 1. The molecule has 4 aromatic carbocycles. The zero-order chi connectivity index (χ0) is 31.3. The Morgan fingerprint density at radius 1 is 0.913 bits per heavy atom. The molecule has 2 aliphatic heterocycles. The summed E-state index contributed by atoms with van der Waals surface area (Å²) in [5, 5.41) is 1.06. The first-order valence-electron chi connectivity index (χ1n) is 15.9. The summed E-state index contributed by atoms with van der Waals surface area (Å²) in [5.74, 6) is -0.215. The molecule has 1 aromatic heterocycles. The lowest BCUT2D eigenvalue weighted by molar-refractivity contribution is -0.189. The Hall–Kier alpha value is -3.65. The van der Waals surface area contributed by atoms with E-state index in [0.717, 1.165) is 50.2 Å². The van der Waals surface area contributed by atoms with E-state index in [9.17, 15) is 0 Å². The van der Waals surface area contributed by atoms with Crippen LogP contribution in [0.3, 0.4) is 0 Å². The molecule has 0 N–H and O–H groups in total.